The lowest BCUT2D eigenvalue weighted by molar-refractivity contribution is -0.143. The maximum Gasteiger partial charge on any atom is 0.257 e. The van der Waals surface area contributed by atoms with Gasteiger partial charge in [-0.15, -0.1) is 0 Å². The highest BCUT2D eigenvalue weighted by atomic mass is 16.2. The van der Waals surface area contributed by atoms with Crippen LogP contribution in [0.3, 0.4) is 0 Å². The first-order valence-corrected chi connectivity index (χ1v) is 8.26. The molecule has 21 heavy (non-hydrogen) atoms. The molecule has 0 unspecified atom stereocenters. The maximum atomic E-state index is 12.5. The molecule has 0 aromatic carbocycles. The van der Waals surface area contributed by atoms with Crippen molar-refractivity contribution >= 4 is 5.91 Å². The third-order valence-electron chi connectivity index (χ3n) is 5.62. The zero-order valence-corrected chi connectivity index (χ0v) is 14.1. The van der Waals surface area contributed by atoms with Crippen molar-refractivity contribution in [2.24, 2.45) is 17.6 Å². The van der Waals surface area contributed by atoms with Crippen molar-refractivity contribution in [1.29, 1.82) is 0 Å². The minimum absolute atomic E-state index is 0.0642. The minimum Gasteiger partial charge on any atom is -0.340 e. The summed E-state index contributed by atoms with van der Waals surface area (Å²) in [6.07, 6.45) is 4.93. The molecule has 0 spiro atoms. The monoisotopic (exact) mass is 296 g/mol. The molecule has 2 fully saturated rings. The standard InChI is InChI=1S/C16H32N4O/c1-16(17,18(2)3)15(21)20-11-7-14(8-12-20)13-5-9-19(4)10-6-13/h13-14H,5-12,17H2,1-4H3/t16-/m0/s1. The summed E-state index contributed by atoms with van der Waals surface area (Å²) in [6, 6.07) is 0. The van der Waals surface area contributed by atoms with Gasteiger partial charge in [-0.2, -0.15) is 0 Å². The van der Waals surface area contributed by atoms with E-state index >= 15 is 0 Å². The van der Waals surface area contributed by atoms with E-state index < -0.39 is 5.66 Å². The van der Waals surface area contributed by atoms with Gasteiger partial charge in [0.25, 0.3) is 5.91 Å². The van der Waals surface area contributed by atoms with E-state index in [9.17, 15) is 4.79 Å². The first-order valence-electron chi connectivity index (χ1n) is 8.26. The van der Waals surface area contributed by atoms with Crippen molar-refractivity contribution in [1.82, 2.24) is 14.7 Å². The fraction of sp³-hybridized carbons (Fsp3) is 0.938. The Kier molecular flexibility index (Phi) is 5.28. The summed E-state index contributed by atoms with van der Waals surface area (Å²) < 4.78 is 0. The van der Waals surface area contributed by atoms with Gasteiger partial charge >= 0.3 is 0 Å². The van der Waals surface area contributed by atoms with E-state index in [1.807, 2.05) is 19.0 Å². The summed E-state index contributed by atoms with van der Waals surface area (Å²) in [5.41, 5.74) is 5.27. The van der Waals surface area contributed by atoms with Crippen molar-refractivity contribution in [2.75, 3.05) is 47.3 Å². The van der Waals surface area contributed by atoms with Crippen molar-refractivity contribution in [3.63, 3.8) is 0 Å². The second-order valence-corrected chi connectivity index (χ2v) is 7.31. The number of amides is 1. The molecule has 0 aromatic rings. The first-order chi connectivity index (χ1) is 9.82. The molecular weight excluding hydrogens is 264 g/mol. The van der Waals surface area contributed by atoms with Crippen LogP contribution in [0.2, 0.25) is 0 Å². The van der Waals surface area contributed by atoms with Gasteiger partial charge in [0.2, 0.25) is 0 Å². The highest BCUT2D eigenvalue weighted by Gasteiger charge is 2.37. The van der Waals surface area contributed by atoms with E-state index in [1.54, 1.807) is 11.8 Å². The third-order valence-corrected chi connectivity index (χ3v) is 5.62. The number of rotatable bonds is 3. The fourth-order valence-corrected chi connectivity index (χ4v) is 3.59. The van der Waals surface area contributed by atoms with Crippen LogP contribution in [0.25, 0.3) is 0 Å². The zero-order valence-electron chi connectivity index (χ0n) is 14.1. The summed E-state index contributed by atoms with van der Waals surface area (Å²) in [5.74, 6) is 1.72. The lowest BCUT2D eigenvalue weighted by Gasteiger charge is -2.42. The van der Waals surface area contributed by atoms with Crippen molar-refractivity contribution in [3.8, 4) is 0 Å². The fourth-order valence-electron chi connectivity index (χ4n) is 3.59. The van der Waals surface area contributed by atoms with E-state index in [0.29, 0.717) is 0 Å². The van der Waals surface area contributed by atoms with Crippen LogP contribution in [0.5, 0.6) is 0 Å². The molecule has 2 heterocycles. The molecule has 0 aromatic heterocycles. The number of hydrogen-bond donors (Lipinski definition) is 1. The Labute approximate surface area is 129 Å². The lowest BCUT2D eigenvalue weighted by atomic mass is 9.79. The van der Waals surface area contributed by atoms with Gasteiger partial charge in [0.05, 0.1) is 0 Å². The van der Waals surface area contributed by atoms with Crippen LogP contribution in [0, 0.1) is 11.8 Å². The highest BCUT2D eigenvalue weighted by molar-refractivity contribution is 5.85. The highest BCUT2D eigenvalue weighted by Crippen LogP contribution is 2.32. The van der Waals surface area contributed by atoms with E-state index in [0.717, 1.165) is 37.8 Å². The Hall–Kier alpha value is -0.650. The van der Waals surface area contributed by atoms with Crippen molar-refractivity contribution in [2.45, 2.75) is 38.3 Å². The minimum atomic E-state index is -0.889. The second-order valence-electron chi connectivity index (χ2n) is 7.31. The molecular formula is C16H32N4O. The van der Waals surface area contributed by atoms with Crippen molar-refractivity contribution in [3.05, 3.63) is 0 Å². The number of piperidine rings is 2. The molecule has 0 saturated carbocycles. The molecule has 2 saturated heterocycles. The summed E-state index contributed by atoms with van der Waals surface area (Å²) in [6.45, 7) is 6.00. The van der Waals surface area contributed by atoms with Crippen LogP contribution in [-0.4, -0.2) is 73.6 Å². The molecule has 2 aliphatic rings. The van der Waals surface area contributed by atoms with Gasteiger partial charge in [-0.1, -0.05) is 0 Å². The summed E-state index contributed by atoms with van der Waals surface area (Å²) in [5, 5.41) is 0. The van der Waals surface area contributed by atoms with Gasteiger partial charge in [0.1, 0.15) is 5.66 Å². The number of hydrogen-bond acceptors (Lipinski definition) is 4. The van der Waals surface area contributed by atoms with Crippen LogP contribution >= 0.6 is 0 Å². The summed E-state index contributed by atoms with van der Waals surface area (Å²) >= 11 is 0. The molecule has 0 aliphatic carbocycles. The lowest BCUT2D eigenvalue weighted by Crippen LogP contribution is -2.62. The van der Waals surface area contributed by atoms with Gasteiger partial charge in [0.15, 0.2) is 0 Å². The number of nitrogens with two attached hydrogens (primary N) is 1. The van der Waals surface area contributed by atoms with E-state index in [2.05, 4.69) is 11.9 Å². The molecule has 0 bridgehead atoms. The summed E-state index contributed by atoms with van der Waals surface area (Å²) in [4.78, 5) is 18.7. The molecule has 5 heteroatoms. The number of likely N-dealkylation sites (tertiary alicyclic amines) is 2. The topological polar surface area (TPSA) is 52.8 Å². The SMILES string of the molecule is CN1CCC(C2CCN(C(=O)[C@@](C)(N)N(C)C)CC2)CC1. The maximum absolute atomic E-state index is 12.5. The van der Waals surface area contributed by atoms with Crippen molar-refractivity contribution < 1.29 is 4.79 Å². The van der Waals surface area contributed by atoms with E-state index in [1.165, 1.54) is 25.9 Å². The predicted molar refractivity (Wildman–Crippen MR) is 85.8 cm³/mol. The van der Waals surface area contributed by atoms with Gasteiger partial charge in [-0.25, -0.2) is 0 Å². The number of carbonyl (C=O) groups is 1. The van der Waals surface area contributed by atoms with E-state index in [-0.39, 0.29) is 5.91 Å². The van der Waals surface area contributed by atoms with Crippen LogP contribution in [0.4, 0.5) is 0 Å². The number of carbonyl (C=O) groups excluding carboxylic acids is 1. The van der Waals surface area contributed by atoms with Gasteiger partial charge in [-0.3, -0.25) is 9.69 Å². The Morgan fingerprint density at radius 2 is 1.48 bits per heavy atom. The normalized spacial score (nSPS) is 26.1. The Bertz CT molecular complexity index is 353. The van der Waals surface area contributed by atoms with Crippen LogP contribution in [0.15, 0.2) is 0 Å². The third kappa shape index (κ3) is 3.76. The van der Waals surface area contributed by atoms with Gasteiger partial charge in [0, 0.05) is 13.1 Å². The molecule has 2 aliphatic heterocycles. The largest absolute Gasteiger partial charge is 0.340 e. The average molecular weight is 296 g/mol. The molecule has 1 atom stereocenters. The number of likely N-dealkylation sites (N-methyl/N-ethyl adjacent to an activating group) is 1. The average Bonchev–Trinajstić information content (AvgIpc) is 2.47. The molecule has 0 radical (unpaired) electrons. The van der Waals surface area contributed by atoms with Crippen LogP contribution in [-0.2, 0) is 4.79 Å². The van der Waals surface area contributed by atoms with Crippen LogP contribution in [0.1, 0.15) is 32.6 Å². The number of nitrogens with zero attached hydrogens (tertiary/aromatic N) is 3. The molecule has 1 amide bonds. The zero-order chi connectivity index (χ0) is 15.6. The van der Waals surface area contributed by atoms with Gasteiger partial charge in [-0.05, 0) is 78.7 Å². The summed E-state index contributed by atoms with van der Waals surface area (Å²) in [7, 11) is 5.94. The van der Waals surface area contributed by atoms with Crippen LogP contribution < -0.4 is 5.73 Å². The Morgan fingerprint density at radius 1 is 1.05 bits per heavy atom. The molecule has 122 valence electrons. The predicted octanol–water partition coefficient (Wildman–Crippen LogP) is 0.803. The smallest absolute Gasteiger partial charge is 0.257 e. The van der Waals surface area contributed by atoms with Gasteiger partial charge < -0.3 is 15.5 Å². The molecule has 5 nitrogen and oxygen atoms in total. The molecule has 2 rings (SSSR count). The molecule has 2 N–H and O–H groups in total. The Balaban J connectivity index is 1.84. The van der Waals surface area contributed by atoms with E-state index in [4.69, 9.17) is 5.73 Å². The second kappa shape index (κ2) is 6.63. The first kappa shape index (κ1) is 16.7. The Morgan fingerprint density at radius 3 is 1.90 bits per heavy atom. The quantitative estimate of drug-likeness (QED) is 0.783.